The second-order valence-electron chi connectivity index (χ2n) is 14.7. The summed E-state index contributed by atoms with van der Waals surface area (Å²) in [4.78, 5) is 0. The molecule has 0 amide bonds. The second kappa shape index (κ2) is 42.1. The minimum absolute atomic E-state index is 0. The van der Waals surface area contributed by atoms with Gasteiger partial charge in [0.1, 0.15) is 67.1 Å². The van der Waals surface area contributed by atoms with E-state index >= 15 is 0 Å². The van der Waals surface area contributed by atoms with Crippen LogP contribution in [0.15, 0.2) is 0 Å². The SMILES string of the molecule is CCN.CO[C@@H]1C(N)C[C@@H](N)C(O)[C@H]1O.O.O.O.O.O.O.O.O.[CH2-]O[C@@H]1C(CO)O[C@@H](OC2[C@H](N)CC(N)[C@@H](O[C@@H]3OC(CN)[C@@H](O)[C@H](O)C3O)[C@@H]2O)C(O)[C@H]1[NH-].[Cu+2].[CuH+].[HH].[NH-]C1COC[C@@H](O)[C@@H]1O. The molecule has 1 radical (unpaired) electrons. The van der Waals surface area contributed by atoms with Gasteiger partial charge in [0, 0.05) is 52.0 Å². The van der Waals surface area contributed by atoms with Gasteiger partial charge in [-0.1, -0.05) is 19.0 Å². The van der Waals surface area contributed by atoms with Crippen molar-refractivity contribution >= 4 is 0 Å². The van der Waals surface area contributed by atoms with Crippen LogP contribution in [0.2, 0.25) is 0 Å². The standard InChI is InChI=1S/C19H36N4O11.C7H16N2O3.C5H10NO3.C2H7N.2Cu.8H2O.H2.H/c1-30-17-8(4-24)32-18(11(26)9(17)23)33-15-5(21)2-6(22)16(14(15)29)34-19-13(28)12(27)10(25)7(3-20)31-19;1-12-7-4(9)2-3(8)5(10)6(7)11;6-3-1-9-2-4(7)5(3)8;1-2-3;;;;;;;;;;;;/h5-19,23-29H,1-4,20-22H2;3-7,10-11H,2,8-9H2,1H3;3-8H,1-2H2;2-3H2,1H3;;;8*1H2;1H;/q-2;;-1;;+1;+2;;;;;;;;;;/t5-,6?,7?,8?,9-,10-,11?,12+,13?,14-,15?,16-,17-,18+,19+;3-,4?,5?,6-,7-;3?,4-,5-;;;;;;;;;;;;;/m111............./s1. The number of nitrogens with one attached hydrogen (secondary N) is 2. The summed E-state index contributed by atoms with van der Waals surface area (Å²) in [5, 5.41) is 97.9. The number of rotatable bonds is 8. The number of nitrogens with two attached hydrogens (primary N) is 6. The Balaban J connectivity index is -0.000000105. The van der Waals surface area contributed by atoms with Gasteiger partial charge in [-0.05, 0) is 19.4 Å². The Morgan fingerprint density at radius 2 is 1.01 bits per heavy atom. The minimum Gasteiger partial charge on any atom is -0.671 e. The fourth-order valence-electron chi connectivity index (χ4n) is 6.95. The Labute approximate surface area is 415 Å². The third-order valence-corrected chi connectivity index (χ3v) is 10.3. The summed E-state index contributed by atoms with van der Waals surface area (Å²) in [6, 6.07) is -4.39. The molecule has 23 atom stereocenters. The van der Waals surface area contributed by atoms with E-state index in [1.54, 1.807) is 0 Å². The van der Waals surface area contributed by atoms with Gasteiger partial charge < -0.3 is 174 Å². The number of ether oxygens (including phenoxy) is 7. The van der Waals surface area contributed by atoms with E-state index in [1.165, 1.54) is 7.11 Å². The predicted octanol–water partition coefficient (Wildman–Crippen LogP) is -15.1. The van der Waals surface area contributed by atoms with Crippen LogP contribution < -0.4 is 34.4 Å². The van der Waals surface area contributed by atoms with E-state index in [0.29, 0.717) is 6.42 Å². The summed E-state index contributed by atoms with van der Waals surface area (Å²) < 4.78 is 37.0. The quantitative estimate of drug-likeness (QED) is 0.0793. The van der Waals surface area contributed by atoms with Crippen molar-refractivity contribution < 1.29 is 164 Å². The van der Waals surface area contributed by atoms with E-state index in [2.05, 4.69) is 7.11 Å². The van der Waals surface area contributed by atoms with E-state index in [0.717, 1.165) is 6.54 Å². The molecule has 3 heterocycles. The minimum atomic E-state index is -1.66. The van der Waals surface area contributed by atoms with Crippen LogP contribution in [0.1, 0.15) is 21.2 Å². The average molecular weight is 1120 g/mol. The topological polar surface area (TPSA) is 723 Å². The van der Waals surface area contributed by atoms with Crippen molar-refractivity contribution in [2.24, 2.45) is 34.4 Å². The molecule has 0 bridgehead atoms. The summed E-state index contributed by atoms with van der Waals surface area (Å²) >= 11 is 0. The fourth-order valence-corrected chi connectivity index (χ4v) is 6.95. The molecule has 2 saturated carbocycles. The third-order valence-electron chi connectivity index (χ3n) is 10.3. The zero-order valence-electron chi connectivity index (χ0n) is 37.3. The first-order chi connectivity index (χ1) is 27.3. The van der Waals surface area contributed by atoms with Gasteiger partial charge in [-0.15, -0.1) is 0 Å². The van der Waals surface area contributed by atoms with Gasteiger partial charge in [0.2, 0.25) is 0 Å². The van der Waals surface area contributed by atoms with E-state index in [4.69, 9.17) is 89.2 Å². The Hall–Kier alpha value is -0.281. The van der Waals surface area contributed by atoms with Crippen LogP contribution in [0.4, 0.5) is 0 Å². The molecular formula is C33H88Cu2N8O25. The van der Waals surface area contributed by atoms with E-state index in [1.807, 2.05) is 6.92 Å². The normalized spacial score (nSPS) is 41.2. The van der Waals surface area contributed by atoms with Gasteiger partial charge >= 0.3 is 34.1 Å². The van der Waals surface area contributed by atoms with Crippen molar-refractivity contribution in [2.45, 2.75) is 160 Å². The Kier molecular flexibility index (Phi) is 54.1. The van der Waals surface area contributed by atoms with Crippen LogP contribution in [-0.4, -0.2) is 275 Å². The van der Waals surface area contributed by atoms with Gasteiger partial charge in [0.05, 0.1) is 31.5 Å². The molecule has 5 aliphatic rings. The maximum atomic E-state index is 11.0. The maximum absolute atomic E-state index is 11.0. The monoisotopic (exact) mass is 1120 g/mol. The Morgan fingerprint density at radius 1 is 0.588 bits per heavy atom. The molecule has 0 aromatic rings. The number of aliphatic hydroxyl groups is 10. The van der Waals surface area contributed by atoms with Gasteiger partial charge in [-0.25, -0.2) is 7.11 Å². The van der Waals surface area contributed by atoms with Crippen molar-refractivity contribution in [3.05, 3.63) is 18.6 Å². The first-order valence-electron chi connectivity index (χ1n) is 19.0. The maximum Gasteiger partial charge on any atom is 0.102 e. The van der Waals surface area contributed by atoms with Crippen molar-refractivity contribution in [3.8, 4) is 0 Å². The number of hydrogen-bond acceptors (Lipinski definition) is 23. The fraction of sp³-hybridized carbons (Fsp3) is 0.970. The van der Waals surface area contributed by atoms with Crippen LogP contribution in [0.3, 0.4) is 0 Å². The molecule has 33 nitrogen and oxygen atoms in total. The summed E-state index contributed by atoms with van der Waals surface area (Å²) in [5.74, 6) is 0. The zero-order valence-corrected chi connectivity index (χ0v) is 39.3. The predicted molar refractivity (Wildman–Crippen MR) is 234 cm³/mol. The summed E-state index contributed by atoms with van der Waals surface area (Å²) in [6.07, 6.45) is -19.8. The molecule has 3 saturated heterocycles. The molecule has 5 rings (SSSR count). The van der Waals surface area contributed by atoms with Crippen molar-refractivity contribution in [1.82, 2.24) is 0 Å². The molecule has 3 aliphatic heterocycles. The largest absolute Gasteiger partial charge is 0.671 e. The van der Waals surface area contributed by atoms with Crippen LogP contribution >= 0.6 is 0 Å². The summed E-state index contributed by atoms with van der Waals surface area (Å²) in [7, 11) is 4.69. The van der Waals surface area contributed by atoms with Crippen LogP contribution in [0.25, 0.3) is 11.5 Å². The molecule has 35 heteroatoms. The molecule has 5 fully saturated rings. The smallest absolute Gasteiger partial charge is 0.102 e. The first kappa shape index (κ1) is 87.4. The van der Waals surface area contributed by atoms with Gasteiger partial charge in [-0.2, -0.15) is 0 Å². The average Bonchev–Trinajstić information content (AvgIpc) is 3.18. The van der Waals surface area contributed by atoms with Crippen molar-refractivity contribution in [1.29, 1.82) is 0 Å². The zero-order chi connectivity index (χ0) is 44.2. The molecular weight excluding hydrogens is 1040 g/mol. The molecule has 2 aliphatic carbocycles. The second-order valence-corrected chi connectivity index (χ2v) is 14.7. The third kappa shape index (κ3) is 22.9. The molecule has 432 valence electrons. The molecule has 0 aromatic heterocycles. The van der Waals surface area contributed by atoms with Crippen LogP contribution in [-0.2, 0) is 67.3 Å². The van der Waals surface area contributed by atoms with E-state index in [-0.39, 0.29) is 112 Å². The van der Waals surface area contributed by atoms with Crippen molar-refractivity contribution in [2.75, 3.05) is 40.0 Å². The molecule has 0 spiro atoms. The molecule has 40 N–H and O–H groups in total. The number of methoxy groups -OCH3 is 1. The Morgan fingerprint density at radius 3 is 1.41 bits per heavy atom. The number of aliphatic hydroxyl groups excluding tert-OH is 10. The van der Waals surface area contributed by atoms with E-state index < -0.39 is 141 Å². The van der Waals surface area contributed by atoms with Gasteiger partial charge in [0.25, 0.3) is 0 Å². The van der Waals surface area contributed by atoms with Crippen LogP contribution in [0, 0.1) is 7.11 Å². The van der Waals surface area contributed by atoms with Crippen LogP contribution in [0.5, 0.6) is 0 Å². The molecule has 68 heavy (non-hydrogen) atoms. The van der Waals surface area contributed by atoms with E-state index in [9.17, 15) is 40.9 Å². The van der Waals surface area contributed by atoms with Crippen molar-refractivity contribution in [3.63, 3.8) is 0 Å². The Bertz CT molecular complexity index is 1160. The van der Waals surface area contributed by atoms with Gasteiger partial charge in [0.15, 0.2) is 12.6 Å². The summed E-state index contributed by atoms with van der Waals surface area (Å²) in [5.41, 5.74) is 49.0. The van der Waals surface area contributed by atoms with Gasteiger partial charge in [-0.3, -0.25) is 0 Å². The molecule has 9 unspecified atom stereocenters. The summed E-state index contributed by atoms with van der Waals surface area (Å²) in [6.45, 7) is 2.32. The number of hydrogen-bond donors (Lipinski definition) is 16. The molecule has 0 aromatic carbocycles. The first-order valence-corrected chi connectivity index (χ1v) is 19.0.